The minimum atomic E-state index is -0.0203. The van der Waals surface area contributed by atoms with Gasteiger partial charge in [0, 0.05) is 17.8 Å². The molecule has 1 amide bonds. The lowest BCUT2D eigenvalue weighted by atomic mass is 10.1. The number of benzene rings is 1. The van der Waals surface area contributed by atoms with Gasteiger partial charge in [-0.05, 0) is 75.8 Å². The van der Waals surface area contributed by atoms with Crippen molar-refractivity contribution in [2.75, 3.05) is 5.32 Å². The largest absolute Gasteiger partial charge is 0.490 e. The first-order valence-corrected chi connectivity index (χ1v) is 10.0. The molecule has 3 rings (SSSR count). The Bertz CT molecular complexity index is 843. The number of aryl methyl sites for hydroxylation is 2. The predicted molar refractivity (Wildman–Crippen MR) is 108 cm³/mol. The Kier molecular flexibility index (Phi) is 6.70. The number of amides is 1. The van der Waals surface area contributed by atoms with Crippen molar-refractivity contribution in [3.8, 4) is 11.8 Å². The van der Waals surface area contributed by atoms with Crippen LogP contribution in [0.4, 0.5) is 5.69 Å². The summed E-state index contributed by atoms with van der Waals surface area (Å²) in [5.41, 5.74) is 3.83. The predicted octanol–water partition coefficient (Wildman–Crippen LogP) is 4.31. The van der Waals surface area contributed by atoms with Crippen molar-refractivity contribution in [3.63, 3.8) is 0 Å². The van der Waals surface area contributed by atoms with E-state index in [2.05, 4.69) is 16.5 Å². The van der Waals surface area contributed by atoms with E-state index in [1.54, 1.807) is 0 Å². The van der Waals surface area contributed by atoms with E-state index in [-0.39, 0.29) is 5.91 Å². The summed E-state index contributed by atoms with van der Waals surface area (Å²) in [5.74, 6) is 0.842. The number of ether oxygens (including phenoxy) is 1. The fraction of sp³-hybridized carbons (Fsp3) is 0.500. The third kappa shape index (κ3) is 5.13. The van der Waals surface area contributed by atoms with Crippen LogP contribution < -0.4 is 10.1 Å². The fourth-order valence-corrected chi connectivity index (χ4v) is 3.75. The number of carbonyl (C=O) groups is 1. The summed E-state index contributed by atoms with van der Waals surface area (Å²) in [6.07, 6.45) is 6.55. The molecular formula is C22H28N4O2. The molecule has 0 unspecified atom stereocenters. The van der Waals surface area contributed by atoms with Gasteiger partial charge in [-0.2, -0.15) is 10.4 Å². The number of nitrogens with zero attached hydrogens (tertiary/aromatic N) is 3. The van der Waals surface area contributed by atoms with E-state index in [1.165, 1.54) is 12.8 Å². The lowest BCUT2D eigenvalue weighted by molar-refractivity contribution is -0.116. The molecule has 1 aliphatic carbocycles. The van der Waals surface area contributed by atoms with Gasteiger partial charge in [0.1, 0.15) is 5.75 Å². The third-order valence-corrected chi connectivity index (χ3v) is 5.31. The summed E-state index contributed by atoms with van der Waals surface area (Å²) >= 11 is 0. The normalized spacial score (nSPS) is 14.0. The van der Waals surface area contributed by atoms with Gasteiger partial charge in [-0.1, -0.05) is 0 Å². The van der Waals surface area contributed by atoms with E-state index in [1.807, 2.05) is 42.8 Å². The maximum Gasteiger partial charge on any atom is 0.224 e. The van der Waals surface area contributed by atoms with Gasteiger partial charge in [0.05, 0.1) is 30.8 Å². The molecule has 0 radical (unpaired) electrons. The number of rotatable bonds is 8. The molecule has 6 nitrogen and oxygen atoms in total. The van der Waals surface area contributed by atoms with Gasteiger partial charge in [-0.3, -0.25) is 9.48 Å². The Balaban J connectivity index is 1.50. The van der Waals surface area contributed by atoms with Gasteiger partial charge < -0.3 is 10.1 Å². The molecule has 0 saturated heterocycles. The number of carbonyl (C=O) groups excluding carboxylic acids is 1. The van der Waals surface area contributed by atoms with Crippen molar-refractivity contribution in [1.82, 2.24) is 9.78 Å². The van der Waals surface area contributed by atoms with Crippen LogP contribution in [0.15, 0.2) is 24.3 Å². The van der Waals surface area contributed by atoms with Gasteiger partial charge in [0.2, 0.25) is 5.91 Å². The van der Waals surface area contributed by atoms with Crippen molar-refractivity contribution in [2.45, 2.75) is 71.4 Å². The van der Waals surface area contributed by atoms with Crippen molar-refractivity contribution < 1.29 is 9.53 Å². The Labute approximate surface area is 166 Å². The number of aromatic nitrogens is 2. The number of nitrogens with one attached hydrogen (secondary N) is 1. The Morgan fingerprint density at radius 1 is 1.29 bits per heavy atom. The van der Waals surface area contributed by atoms with Crippen LogP contribution in [0, 0.1) is 25.2 Å². The smallest absolute Gasteiger partial charge is 0.224 e. The van der Waals surface area contributed by atoms with Crippen LogP contribution >= 0.6 is 0 Å². The number of nitriles is 1. The highest BCUT2D eigenvalue weighted by molar-refractivity contribution is 5.90. The molecule has 6 heteroatoms. The molecule has 1 aromatic heterocycles. The molecule has 2 aromatic rings. The zero-order chi connectivity index (χ0) is 19.9. The van der Waals surface area contributed by atoms with Crippen LogP contribution in [0.1, 0.15) is 55.5 Å². The van der Waals surface area contributed by atoms with E-state index >= 15 is 0 Å². The molecule has 1 aromatic carbocycles. The first-order valence-electron chi connectivity index (χ1n) is 10.0. The number of hydrogen-bond acceptors (Lipinski definition) is 4. The van der Waals surface area contributed by atoms with Crippen LogP contribution in [0.25, 0.3) is 0 Å². The fourth-order valence-electron chi connectivity index (χ4n) is 3.75. The van der Waals surface area contributed by atoms with Crippen molar-refractivity contribution >= 4 is 11.6 Å². The molecule has 0 bridgehead atoms. The third-order valence-electron chi connectivity index (χ3n) is 5.31. The SMILES string of the molecule is Cc1nn(CCC#N)c(C)c1CCC(=O)Nc1ccc(OC2CCCC2)cc1. The Morgan fingerprint density at radius 2 is 2.00 bits per heavy atom. The zero-order valence-electron chi connectivity index (χ0n) is 16.7. The number of hydrogen-bond donors (Lipinski definition) is 1. The van der Waals surface area contributed by atoms with E-state index in [9.17, 15) is 4.79 Å². The topological polar surface area (TPSA) is 79.9 Å². The van der Waals surface area contributed by atoms with Gasteiger partial charge in [0.25, 0.3) is 0 Å². The first kappa shape index (κ1) is 19.9. The summed E-state index contributed by atoms with van der Waals surface area (Å²) in [4.78, 5) is 12.3. The Hall–Kier alpha value is -2.81. The van der Waals surface area contributed by atoms with E-state index in [0.717, 1.165) is 41.2 Å². The minimum Gasteiger partial charge on any atom is -0.490 e. The van der Waals surface area contributed by atoms with Gasteiger partial charge in [0.15, 0.2) is 0 Å². The van der Waals surface area contributed by atoms with Gasteiger partial charge >= 0.3 is 0 Å². The maximum atomic E-state index is 12.3. The summed E-state index contributed by atoms with van der Waals surface area (Å²) < 4.78 is 7.81. The van der Waals surface area contributed by atoms with Gasteiger partial charge in [-0.25, -0.2) is 0 Å². The second-order valence-electron chi connectivity index (χ2n) is 7.38. The highest BCUT2D eigenvalue weighted by Crippen LogP contribution is 2.25. The van der Waals surface area contributed by atoms with E-state index in [4.69, 9.17) is 10.00 Å². The summed E-state index contributed by atoms with van der Waals surface area (Å²) in [5, 5.41) is 16.2. The quantitative estimate of drug-likeness (QED) is 0.740. The average Bonchev–Trinajstić information content (AvgIpc) is 3.28. The molecule has 0 atom stereocenters. The summed E-state index contributed by atoms with van der Waals surface area (Å²) in [7, 11) is 0. The molecule has 1 saturated carbocycles. The lowest BCUT2D eigenvalue weighted by Crippen LogP contribution is -2.13. The second kappa shape index (κ2) is 9.41. The zero-order valence-corrected chi connectivity index (χ0v) is 16.7. The van der Waals surface area contributed by atoms with Crippen molar-refractivity contribution in [2.24, 2.45) is 0 Å². The summed E-state index contributed by atoms with van der Waals surface area (Å²) in [6, 6.07) is 9.75. The molecular weight excluding hydrogens is 352 g/mol. The average molecular weight is 380 g/mol. The van der Waals surface area contributed by atoms with Crippen LogP contribution in [0.5, 0.6) is 5.75 Å². The maximum absolute atomic E-state index is 12.3. The molecule has 1 heterocycles. The van der Waals surface area contributed by atoms with E-state index < -0.39 is 0 Å². The van der Waals surface area contributed by atoms with Crippen LogP contribution in [0.2, 0.25) is 0 Å². The highest BCUT2D eigenvalue weighted by atomic mass is 16.5. The molecule has 1 N–H and O–H groups in total. The van der Waals surface area contributed by atoms with E-state index in [0.29, 0.717) is 31.9 Å². The van der Waals surface area contributed by atoms with Crippen LogP contribution in [-0.2, 0) is 17.8 Å². The monoisotopic (exact) mass is 380 g/mol. The number of anilines is 1. The molecule has 0 aliphatic heterocycles. The van der Waals surface area contributed by atoms with Gasteiger partial charge in [-0.15, -0.1) is 0 Å². The molecule has 1 aliphatic rings. The standard InChI is InChI=1S/C22H28N4O2/c1-16-21(17(2)26(25-16)15-5-14-23)12-13-22(27)24-18-8-10-20(11-9-18)28-19-6-3-4-7-19/h8-11,19H,3-7,12-13,15H2,1-2H3,(H,24,27). The van der Waals surface area contributed by atoms with Crippen LogP contribution in [-0.4, -0.2) is 21.8 Å². The minimum absolute atomic E-state index is 0.0203. The molecule has 28 heavy (non-hydrogen) atoms. The molecule has 148 valence electrons. The lowest BCUT2D eigenvalue weighted by Gasteiger charge is -2.13. The Morgan fingerprint density at radius 3 is 2.68 bits per heavy atom. The van der Waals surface area contributed by atoms with Crippen LogP contribution in [0.3, 0.4) is 0 Å². The van der Waals surface area contributed by atoms with Crippen molar-refractivity contribution in [3.05, 3.63) is 41.2 Å². The first-order chi connectivity index (χ1) is 13.6. The molecule has 0 spiro atoms. The summed E-state index contributed by atoms with van der Waals surface area (Å²) in [6.45, 7) is 4.53. The second-order valence-corrected chi connectivity index (χ2v) is 7.38. The highest BCUT2D eigenvalue weighted by Gasteiger charge is 2.16. The molecule has 1 fully saturated rings. The van der Waals surface area contributed by atoms with Crippen molar-refractivity contribution in [1.29, 1.82) is 5.26 Å².